The number of carbonyl (C=O) groups excluding carboxylic acids is 2. The summed E-state index contributed by atoms with van der Waals surface area (Å²) in [4.78, 5) is 38.4. The van der Waals surface area contributed by atoms with Crippen molar-refractivity contribution >= 4 is 29.0 Å². The zero-order valence-corrected chi connectivity index (χ0v) is 24.8. The number of anilines is 2. The summed E-state index contributed by atoms with van der Waals surface area (Å²) >= 11 is 0. The third kappa shape index (κ3) is 5.98. The smallest absolute Gasteiger partial charge is 0.391 e. The molecule has 16 heteroatoms. The molecule has 0 spiro atoms. The van der Waals surface area contributed by atoms with Crippen molar-refractivity contribution in [1.29, 1.82) is 5.26 Å². The van der Waals surface area contributed by atoms with Gasteiger partial charge in [0.1, 0.15) is 6.54 Å². The van der Waals surface area contributed by atoms with Gasteiger partial charge in [-0.3, -0.25) is 18.7 Å². The number of aryl methyl sites for hydroxylation is 1. The molecular weight excluding hydrogens is 605 g/mol. The first kappa shape index (κ1) is 31.0. The van der Waals surface area contributed by atoms with Crippen LogP contribution in [0.15, 0.2) is 43.0 Å². The Labute approximate surface area is 261 Å². The number of aliphatic hydroxyl groups is 1. The second-order valence-electron chi connectivity index (χ2n) is 11.3. The summed E-state index contributed by atoms with van der Waals surface area (Å²) < 4.78 is 43.7. The number of hydrogen-bond donors (Lipinski definition) is 3. The maximum absolute atomic E-state index is 13.8. The Morgan fingerprint density at radius 1 is 1.17 bits per heavy atom. The van der Waals surface area contributed by atoms with E-state index >= 15 is 0 Å². The minimum absolute atomic E-state index is 0.0733. The third-order valence-corrected chi connectivity index (χ3v) is 8.33. The Bertz CT molecular complexity index is 1820. The van der Waals surface area contributed by atoms with Gasteiger partial charge in [0, 0.05) is 62.6 Å². The molecule has 0 bridgehead atoms. The molecule has 5 heterocycles. The van der Waals surface area contributed by atoms with Gasteiger partial charge in [0.25, 0.3) is 5.91 Å². The average Bonchev–Trinajstić information content (AvgIpc) is 3.66. The van der Waals surface area contributed by atoms with E-state index in [1.165, 1.54) is 29.2 Å². The SMILES string of the molecule is Cc1cc(Nc2nccn3c(-c4cn(CC#N)nc4C(F)(F)F)cnc23)ccc1C(=O)N1CCN(C(=O)[C@@H]2CCNC[C@@H]2O)CC1. The van der Waals surface area contributed by atoms with Gasteiger partial charge in [-0.05, 0) is 43.7 Å². The van der Waals surface area contributed by atoms with E-state index < -0.39 is 23.9 Å². The number of benzene rings is 1. The maximum Gasteiger partial charge on any atom is 0.435 e. The van der Waals surface area contributed by atoms with E-state index in [0.29, 0.717) is 62.5 Å². The van der Waals surface area contributed by atoms with E-state index in [1.54, 1.807) is 41.0 Å². The fraction of sp³-hybridized carbons (Fsp3) is 0.400. The molecule has 46 heavy (non-hydrogen) atoms. The number of alkyl halides is 3. The Balaban J connectivity index is 1.16. The fourth-order valence-electron chi connectivity index (χ4n) is 5.96. The molecule has 2 atom stereocenters. The monoisotopic (exact) mass is 636 g/mol. The Morgan fingerprint density at radius 3 is 2.63 bits per heavy atom. The summed E-state index contributed by atoms with van der Waals surface area (Å²) in [6, 6.07) is 6.97. The summed E-state index contributed by atoms with van der Waals surface area (Å²) in [7, 11) is 0. The highest BCUT2D eigenvalue weighted by molar-refractivity contribution is 5.96. The van der Waals surface area contributed by atoms with Crippen LogP contribution in [0.1, 0.15) is 28.0 Å². The van der Waals surface area contributed by atoms with Gasteiger partial charge in [-0.15, -0.1) is 0 Å². The Hall–Kier alpha value is -5.01. The largest absolute Gasteiger partial charge is 0.435 e. The predicted molar refractivity (Wildman–Crippen MR) is 159 cm³/mol. The van der Waals surface area contributed by atoms with Gasteiger partial charge < -0.3 is 25.5 Å². The number of nitrogens with zero attached hydrogens (tertiary/aromatic N) is 8. The van der Waals surface area contributed by atoms with Crippen LogP contribution in [0, 0.1) is 24.2 Å². The molecule has 2 aliphatic rings. The second kappa shape index (κ2) is 12.4. The number of piperazine rings is 1. The van der Waals surface area contributed by atoms with E-state index in [2.05, 4.69) is 25.7 Å². The number of halogens is 3. The molecule has 4 aromatic rings. The van der Waals surface area contributed by atoms with Crippen molar-refractivity contribution in [3.63, 3.8) is 0 Å². The lowest BCUT2D eigenvalue weighted by Gasteiger charge is -2.38. The summed E-state index contributed by atoms with van der Waals surface area (Å²) in [6.45, 7) is 4.09. The van der Waals surface area contributed by atoms with Gasteiger partial charge in [-0.2, -0.15) is 23.5 Å². The topological polar surface area (TPSA) is 157 Å². The molecule has 0 unspecified atom stereocenters. The van der Waals surface area contributed by atoms with E-state index in [0.717, 1.165) is 4.68 Å². The molecule has 2 saturated heterocycles. The lowest BCUT2D eigenvalue weighted by molar-refractivity contribution is -0.142. The molecule has 13 nitrogen and oxygen atoms in total. The number of imidazole rings is 1. The van der Waals surface area contributed by atoms with E-state index in [4.69, 9.17) is 5.26 Å². The molecule has 3 aromatic heterocycles. The van der Waals surface area contributed by atoms with Crippen LogP contribution in [0.25, 0.3) is 16.9 Å². The maximum atomic E-state index is 13.8. The normalized spacial score (nSPS) is 18.9. The molecule has 3 N–H and O–H groups in total. The number of piperidine rings is 1. The first-order valence-corrected chi connectivity index (χ1v) is 14.7. The summed E-state index contributed by atoms with van der Waals surface area (Å²) in [5.41, 5.74) is 0.835. The van der Waals surface area contributed by atoms with Crippen LogP contribution in [0.3, 0.4) is 0 Å². The predicted octanol–water partition coefficient (Wildman–Crippen LogP) is 2.44. The summed E-state index contributed by atoms with van der Waals surface area (Å²) in [5.74, 6) is -0.375. The number of fused-ring (bicyclic) bond motifs is 1. The first-order valence-electron chi connectivity index (χ1n) is 14.7. The minimum atomic E-state index is -4.74. The molecule has 6 rings (SSSR count). The van der Waals surface area contributed by atoms with Gasteiger partial charge in [0.05, 0.1) is 35.5 Å². The zero-order valence-electron chi connectivity index (χ0n) is 24.8. The summed E-state index contributed by atoms with van der Waals surface area (Å²) in [6.07, 6.45) is 0.494. The number of β-amino-alcohol motifs (C(OH)–C–C–N with tert-alkyl or cyclic N) is 1. The minimum Gasteiger partial charge on any atom is -0.391 e. The fourth-order valence-corrected chi connectivity index (χ4v) is 5.96. The van der Waals surface area contributed by atoms with Crippen molar-refractivity contribution < 1.29 is 27.9 Å². The van der Waals surface area contributed by atoms with Gasteiger partial charge in [0.15, 0.2) is 17.2 Å². The third-order valence-electron chi connectivity index (χ3n) is 8.33. The van der Waals surface area contributed by atoms with Crippen LogP contribution >= 0.6 is 0 Å². The van der Waals surface area contributed by atoms with E-state index in [9.17, 15) is 27.9 Å². The van der Waals surface area contributed by atoms with Gasteiger partial charge in [0.2, 0.25) is 5.91 Å². The van der Waals surface area contributed by atoms with Crippen LogP contribution in [0.4, 0.5) is 24.7 Å². The van der Waals surface area contributed by atoms with E-state index in [-0.39, 0.29) is 41.1 Å². The number of amides is 2. The molecule has 2 amide bonds. The van der Waals surface area contributed by atoms with Gasteiger partial charge in [-0.1, -0.05) is 0 Å². The van der Waals surface area contributed by atoms with Gasteiger partial charge >= 0.3 is 6.18 Å². The van der Waals surface area contributed by atoms with Crippen LogP contribution in [0.2, 0.25) is 0 Å². The molecule has 0 radical (unpaired) electrons. The molecule has 0 aliphatic carbocycles. The highest BCUT2D eigenvalue weighted by atomic mass is 19.4. The van der Waals surface area contributed by atoms with Gasteiger partial charge in [-0.25, -0.2) is 9.97 Å². The standard InChI is InChI=1S/C30H31F3N10O3/c1-18-14-19(2-3-20(18)28(45)40-10-12-41(13-11-40)29(46)21-4-6-35-16-24(21)44)38-26-27-37-15-23(43(27)9-7-36-26)22-17-42(8-5-34)39-25(22)30(31,32)33/h2-3,7,9,14-15,17,21,24,35,44H,4,6,8,10-13,16H2,1H3,(H,36,38)/t21-,24+/m1/s1. The number of carbonyl (C=O) groups is 2. The quantitative estimate of drug-likeness (QED) is 0.289. The number of aromatic nitrogens is 5. The second-order valence-corrected chi connectivity index (χ2v) is 11.3. The van der Waals surface area contributed by atoms with Crippen molar-refractivity contribution in [3.05, 3.63) is 59.8 Å². The molecular formula is C30H31F3N10O3. The number of nitriles is 1. The average molecular weight is 637 g/mol. The van der Waals surface area contributed by atoms with Crippen LogP contribution < -0.4 is 10.6 Å². The lowest BCUT2D eigenvalue weighted by atomic mass is 9.93. The molecule has 2 aliphatic heterocycles. The summed E-state index contributed by atoms with van der Waals surface area (Å²) in [5, 5.41) is 29.0. The molecule has 2 fully saturated rings. The first-order chi connectivity index (χ1) is 22.0. The Kier molecular flexibility index (Phi) is 8.36. The number of aliphatic hydroxyl groups excluding tert-OH is 1. The molecule has 0 saturated carbocycles. The number of hydrogen-bond acceptors (Lipinski definition) is 9. The van der Waals surface area contributed by atoms with Crippen LogP contribution in [-0.2, 0) is 17.5 Å². The number of nitrogens with one attached hydrogen (secondary N) is 2. The van der Waals surface area contributed by atoms with Crippen molar-refractivity contribution in [2.24, 2.45) is 5.92 Å². The van der Waals surface area contributed by atoms with Crippen molar-refractivity contribution in [2.45, 2.75) is 32.2 Å². The Morgan fingerprint density at radius 2 is 1.93 bits per heavy atom. The molecule has 1 aromatic carbocycles. The highest BCUT2D eigenvalue weighted by Gasteiger charge is 2.38. The zero-order chi connectivity index (χ0) is 32.6. The number of rotatable bonds is 6. The lowest BCUT2D eigenvalue weighted by Crippen LogP contribution is -2.55. The van der Waals surface area contributed by atoms with Crippen molar-refractivity contribution in [3.8, 4) is 17.3 Å². The van der Waals surface area contributed by atoms with Crippen molar-refractivity contribution in [1.82, 2.24) is 39.3 Å². The highest BCUT2D eigenvalue weighted by Crippen LogP contribution is 2.37. The molecule has 240 valence electrons. The van der Waals surface area contributed by atoms with Crippen molar-refractivity contribution in [2.75, 3.05) is 44.6 Å². The van der Waals surface area contributed by atoms with Crippen LogP contribution in [-0.4, -0.2) is 96.2 Å². The van der Waals surface area contributed by atoms with E-state index in [1.807, 2.05) is 0 Å². The van der Waals surface area contributed by atoms with Crippen LogP contribution in [0.5, 0.6) is 0 Å².